The van der Waals surface area contributed by atoms with Crippen molar-refractivity contribution >= 4 is 17.9 Å². The van der Waals surface area contributed by atoms with E-state index in [1.54, 1.807) is 0 Å². The fraction of sp³-hybridized carbons (Fsp3) is 0.805. The second-order valence-electron chi connectivity index (χ2n) is 24.5. The van der Waals surface area contributed by atoms with Gasteiger partial charge in [0.15, 0.2) is 6.10 Å². The first kappa shape index (κ1) is 79.8. The van der Waals surface area contributed by atoms with Crippen LogP contribution in [0.15, 0.2) is 72.9 Å². The van der Waals surface area contributed by atoms with Crippen molar-refractivity contribution in [2.24, 2.45) is 0 Å². The van der Waals surface area contributed by atoms with Crippen molar-refractivity contribution in [3.05, 3.63) is 72.9 Å². The summed E-state index contributed by atoms with van der Waals surface area (Å²) in [4.78, 5) is 38.4. The largest absolute Gasteiger partial charge is 0.462 e. The summed E-state index contributed by atoms with van der Waals surface area (Å²) in [6.07, 6.45) is 93.7. The van der Waals surface area contributed by atoms with E-state index in [0.717, 1.165) is 96.3 Å². The molecule has 0 aliphatic rings. The maximum absolute atomic E-state index is 12.9. The van der Waals surface area contributed by atoms with Crippen LogP contribution in [0.5, 0.6) is 0 Å². The van der Waals surface area contributed by atoms with Gasteiger partial charge in [-0.05, 0) is 70.6 Å². The molecular weight excluding hydrogens is 1020 g/mol. The number of ether oxygens (including phenoxy) is 3. The molecule has 0 N–H and O–H groups in total. The van der Waals surface area contributed by atoms with Gasteiger partial charge >= 0.3 is 17.9 Å². The van der Waals surface area contributed by atoms with Gasteiger partial charge in [-0.25, -0.2) is 0 Å². The van der Waals surface area contributed by atoms with Crippen LogP contribution in [0.4, 0.5) is 0 Å². The third-order valence-corrected chi connectivity index (χ3v) is 16.2. The number of hydrogen-bond donors (Lipinski definition) is 0. The third-order valence-electron chi connectivity index (χ3n) is 16.2. The van der Waals surface area contributed by atoms with Gasteiger partial charge in [-0.2, -0.15) is 0 Å². The van der Waals surface area contributed by atoms with Crippen LogP contribution in [0.2, 0.25) is 0 Å². The highest BCUT2D eigenvalue weighted by atomic mass is 16.6. The van der Waals surface area contributed by atoms with E-state index < -0.39 is 6.10 Å². The topological polar surface area (TPSA) is 78.9 Å². The molecule has 0 amide bonds. The Balaban J connectivity index is 4.13. The van der Waals surface area contributed by atoms with E-state index in [2.05, 4.69) is 93.7 Å². The predicted octanol–water partition coefficient (Wildman–Crippen LogP) is 25.2. The lowest BCUT2D eigenvalue weighted by molar-refractivity contribution is -0.167. The number of rotatable bonds is 67. The van der Waals surface area contributed by atoms with Crippen LogP contribution >= 0.6 is 0 Å². The molecule has 0 aromatic carbocycles. The lowest BCUT2D eigenvalue weighted by atomic mass is 10.0. The first-order chi connectivity index (χ1) is 41.0. The second kappa shape index (κ2) is 71.3. The Kier molecular flexibility index (Phi) is 68.6. The Morgan fingerprint density at radius 2 is 0.470 bits per heavy atom. The highest BCUT2D eigenvalue weighted by Crippen LogP contribution is 2.18. The lowest BCUT2D eigenvalue weighted by Gasteiger charge is -2.18. The van der Waals surface area contributed by atoms with E-state index in [4.69, 9.17) is 14.2 Å². The Morgan fingerprint density at radius 3 is 0.735 bits per heavy atom. The Bertz CT molecular complexity index is 1520. The summed E-state index contributed by atoms with van der Waals surface area (Å²) in [5.41, 5.74) is 0. The summed E-state index contributed by atoms with van der Waals surface area (Å²) in [6, 6.07) is 0. The van der Waals surface area contributed by atoms with Gasteiger partial charge in [-0.15, -0.1) is 0 Å². The molecule has 1 atom stereocenters. The second-order valence-corrected chi connectivity index (χ2v) is 24.5. The van der Waals surface area contributed by atoms with Crippen molar-refractivity contribution in [1.82, 2.24) is 0 Å². The van der Waals surface area contributed by atoms with Crippen LogP contribution in [-0.2, 0) is 28.6 Å². The lowest BCUT2D eigenvalue weighted by Crippen LogP contribution is -2.30. The smallest absolute Gasteiger partial charge is 0.306 e. The predicted molar refractivity (Wildman–Crippen MR) is 362 cm³/mol. The van der Waals surface area contributed by atoms with Crippen LogP contribution < -0.4 is 0 Å². The number of carbonyl (C=O) groups is 3. The van der Waals surface area contributed by atoms with Gasteiger partial charge in [-0.1, -0.05) is 363 Å². The molecule has 0 bridgehead atoms. The van der Waals surface area contributed by atoms with Gasteiger partial charge in [-0.3, -0.25) is 14.4 Å². The normalized spacial score (nSPS) is 12.5. The molecule has 0 aliphatic heterocycles. The van der Waals surface area contributed by atoms with E-state index in [9.17, 15) is 14.4 Å². The molecule has 0 fully saturated rings. The molecule has 0 aliphatic carbocycles. The van der Waals surface area contributed by atoms with E-state index in [1.165, 1.54) is 244 Å². The van der Waals surface area contributed by atoms with Gasteiger partial charge in [0, 0.05) is 19.3 Å². The summed E-state index contributed by atoms with van der Waals surface area (Å²) in [5.74, 6) is -0.839. The van der Waals surface area contributed by atoms with E-state index in [-0.39, 0.29) is 31.1 Å². The SMILES string of the molecule is CC/C=C\C/C=C\C/C=C\C/C=C\C/C=C\C/C=C\CCCCCCCCCCCCCCCCCCC(=O)OCC(COC(=O)CCCCCCCCCCCCCCCCC)OC(=O)CCCCCCCCCCCCCCCCC. The molecule has 0 aromatic rings. The van der Waals surface area contributed by atoms with Crippen LogP contribution in [0, 0.1) is 0 Å². The summed E-state index contributed by atoms with van der Waals surface area (Å²) >= 11 is 0. The zero-order valence-electron chi connectivity index (χ0n) is 55.5. The molecular formula is C77H138O6. The Labute approximate surface area is 516 Å². The first-order valence-electron chi connectivity index (χ1n) is 36.4. The maximum Gasteiger partial charge on any atom is 0.306 e. The van der Waals surface area contributed by atoms with Crippen molar-refractivity contribution in [3.8, 4) is 0 Å². The molecule has 0 heterocycles. The molecule has 0 rings (SSSR count). The molecule has 482 valence electrons. The van der Waals surface area contributed by atoms with Crippen LogP contribution in [-0.4, -0.2) is 37.2 Å². The van der Waals surface area contributed by atoms with E-state index in [1.807, 2.05) is 0 Å². The monoisotopic (exact) mass is 1160 g/mol. The summed E-state index contributed by atoms with van der Waals surface area (Å²) < 4.78 is 17.0. The van der Waals surface area contributed by atoms with Crippen LogP contribution in [0.25, 0.3) is 0 Å². The van der Waals surface area contributed by atoms with Crippen molar-refractivity contribution in [2.45, 2.75) is 386 Å². The minimum absolute atomic E-state index is 0.0667. The average molecular weight is 1160 g/mol. The zero-order chi connectivity index (χ0) is 59.9. The van der Waals surface area contributed by atoms with Gasteiger partial charge in [0.1, 0.15) is 13.2 Å². The molecule has 83 heavy (non-hydrogen) atoms. The molecule has 0 saturated carbocycles. The molecule has 6 heteroatoms. The maximum atomic E-state index is 12.9. The molecule has 0 radical (unpaired) electrons. The van der Waals surface area contributed by atoms with Crippen LogP contribution in [0.3, 0.4) is 0 Å². The van der Waals surface area contributed by atoms with Crippen molar-refractivity contribution in [3.63, 3.8) is 0 Å². The van der Waals surface area contributed by atoms with Crippen LogP contribution in [0.1, 0.15) is 380 Å². The van der Waals surface area contributed by atoms with Gasteiger partial charge in [0.05, 0.1) is 0 Å². The molecule has 0 aromatic heterocycles. The highest BCUT2D eigenvalue weighted by Gasteiger charge is 2.19. The zero-order valence-corrected chi connectivity index (χ0v) is 55.5. The van der Waals surface area contributed by atoms with Gasteiger partial charge in [0.2, 0.25) is 0 Å². The minimum atomic E-state index is -0.770. The van der Waals surface area contributed by atoms with Crippen molar-refractivity contribution < 1.29 is 28.6 Å². The molecule has 0 saturated heterocycles. The van der Waals surface area contributed by atoms with E-state index in [0.29, 0.717) is 19.3 Å². The molecule has 0 spiro atoms. The fourth-order valence-corrected chi connectivity index (χ4v) is 10.8. The number of hydrogen-bond acceptors (Lipinski definition) is 6. The van der Waals surface area contributed by atoms with Crippen molar-refractivity contribution in [1.29, 1.82) is 0 Å². The van der Waals surface area contributed by atoms with E-state index >= 15 is 0 Å². The number of allylic oxidation sites excluding steroid dienone is 12. The standard InChI is InChI=1S/C77H138O6/c1-4-7-10-13-16-19-22-25-28-29-30-31-32-33-34-35-36-37-38-39-40-41-42-43-44-45-46-47-50-52-55-58-61-64-67-70-76(79)82-73-74(83-77(80)71-68-65-62-59-56-53-49-27-24-21-18-15-12-9-6-3)72-81-75(78)69-66-63-60-57-54-51-48-26-23-20-17-14-11-8-5-2/h7,10,16,19,25,28,30-31,33-34,36-37,74H,4-6,8-9,11-15,17-18,20-24,26-27,29,32,35,38-73H2,1-3H3/b10-7-,19-16-,28-25-,31-30-,34-33-,37-36-. The van der Waals surface area contributed by atoms with Gasteiger partial charge < -0.3 is 14.2 Å². The van der Waals surface area contributed by atoms with Crippen molar-refractivity contribution in [2.75, 3.05) is 13.2 Å². The number of unbranched alkanes of at least 4 members (excludes halogenated alkanes) is 44. The molecule has 1 unspecified atom stereocenters. The Morgan fingerprint density at radius 1 is 0.253 bits per heavy atom. The molecule has 6 nitrogen and oxygen atoms in total. The average Bonchev–Trinajstić information content (AvgIpc) is 3.49. The highest BCUT2D eigenvalue weighted by molar-refractivity contribution is 5.71. The van der Waals surface area contributed by atoms with Gasteiger partial charge in [0.25, 0.3) is 0 Å². The third kappa shape index (κ3) is 69.5. The first-order valence-corrected chi connectivity index (χ1v) is 36.4. The summed E-state index contributed by atoms with van der Waals surface area (Å²) in [6.45, 7) is 6.59. The minimum Gasteiger partial charge on any atom is -0.462 e. The Hall–Kier alpha value is -3.15. The summed E-state index contributed by atoms with van der Waals surface area (Å²) in [7, 11) is 0. The number of esters is 3. The number of carbonyl (C=O) groups excluding carboxylic acids is 3. The quantitative estimate of drug-likeness (QED) is 0.0261. The fourth-order valence-electron chi connectivity index (χ4n) is 10.8. The summed E-state index contributed by atoms with van der Waals surface area (Å²) in [5, 5.41) is 0.